The first-order chi connectivity index (χ1) is 20.1. The van der Waals surface area contributed by atoms with E-state index in [0.29, 0.717) is 10.6 Å². The summed E-state index contributed by atoms with van der Waals surface area (Å²) in [6.07, 6.45) is 0.186. The number of hydrogen-bond donors (Lipinski definition) is 1. The molecule has 218 valence electrons. The number of benzene rings is 4. The number of para-hydroxylation sites is 1. The van der Waals surface area contributed by atoms with Gasteiger partial charge < -0.3 is 10.2 Å². The van der Waals surface area contributed by atoms with Crippen LogP contribution in [0.3, 0.4) is 0 Å². The first-order valence-electron chi connectivity index (χ1n) is 12.9. The number of anilines is 1. The summed E-state index contributed by atoms with van der Waals surface area (Å²) >= 11 is 18.8. The number of nitrogens with zero attached hydrogens (tertiary/aromatic N) is 2. The van der Waals surface area contributed by atoms with Crippen LogP contribution in [0.2, 0.25) is 15.1 Å². The zero-order valence-corrected chi connectivity index (χ0v) is 25.7. The van der Waals surface area contributed by atoms with Crippen LogP contribution in [0, 0.1) is 0 Å². The van der Waals surface area contributed by atoms with Gasteiger partial charge in [-0.1, -0.05) is 102 Å². The second-order valence-electron chi connectivity index (χ2n) is 9.37. The highest BCUT2D eigenvalue weighted by Gasteiger charge is 2.35. The molecule has 1 N–H and O–H groups in total. The van der Waals surface area contributed by atoms with Gasteiger partial charge in [0, 0.05) is 20.0 Å². The molecule has 1 atom stereocenters. The molecule has 0 bridgehead atoms. The Kier molecular flexibility index (Phi) is 10.5. The maximum atomic E-state index is 14.3. The molecule has 0 aliphatic carbocycles. The van der Waals surface area contributed by atoms with Gasteiger partial charge in [0.25, 0.3) is 10.0 Å². The maximum Gasteiger partial charge on any atom is 0.264 e. The van der Waals surface area contributed by atoms with Crippen molar-refractivity contribution in [3.8, 4) is 0 Å². The zero-order valence-electron chi connectivity index (χ0n) is 22.6. The summed E-state index contributed by atoms with van der Waals surface area (Å²) in [6, 6.07) is 27.3. The number of rotatable bonds is 11. The number of amides is 2. The Morgan fingerprint density at radius 3 is 2.00 bits per heavy atom. The van der Waals surface area contributed by atoms with Crippen LogP contribution < -0.4 is 9.62 Å². The molecule has 7 nitrogen and oxygen atoms in total. The van der Waals surface area contributed by atoms with E-state index in [4.69, 9.17) is 34.8 Å². The summed E-state index contributed by atoms with van der Waals surface area (Å²) in [7, 11) is -2.75. The molecule has 4 rings (SSSR count). The molecule has 0 radical (unpaired) electrons. The second kappa shape index (κ2) is 14.1. The molecule has 11 heteroatoms. The molecule has 0 aromatic heterocycles. The van der Waals surface area contributed by atoms with Crippen molar-refractivity contribution < 1.29 is 18.0 Å². The Morgan fingerprint density at radius 1 is 0.762 bits per heavy atom. The fraction of sp³-hybridized carbons (Fsp3) is 0.161. The molecule has 4 aromatic carbocycles. The topological polar surface area (TPSA) is 86.8 Å². The van der Waals surface area contributed by atoms with E-state index in [1.54, 1.807) is 54.6 Å². The van der Waals surface area contributed by atoms with E-state index < -0.39 is 34.4 Å². The molecular formula is C31H28Cl3N3O4S. The Hall–Kier alpha value is -3.56. The van der Waals surface area contributed by atoms with E-state index in [1.807, 2.05) is 30.3 Å². The van der Waals surface area contributed by atoms with Crippen molar-refractivity contribution in [2.24, 2.45) is 0 Å². The van der Waals surface area contributed by atoms with Crippen LogP contribution in [0.5, 0.6) is 0 Å². The van der Waals surface area contributed by atoms with E-state index in [0.717, 1.165) is 9.87 Å². The Balaban J connectivity index is 1.80. The van der Waals surface area contributed by atoms with E-state index in [-0.39, 0.29) is 33.6 Å². The van der Waals surface area contributed by atoms with Gasteiger partial charge in [0.2, 0.25) is 11.8 Å². The number of sulfonamides is 1. The number of halogens is 3. The molecule has 0 spiro atoms. The van der Waals surface area contributed by atoms with Crippen LogP contribution in [0.1, 0.15) is 11.1 Å². The van der Waals surface area contributed by atoms with Crippen molar-refractivity contribution in [1.82, 2.24) is 10.2 Å². The highest BCUT2D eigenvalue weighted by molar-refractivity contribution is 7.92. The molecule has 2 amide bonds. The van der Waals surface area contributed by atoms with E-state index in [1.165, 1.54) is 30.1 Å². The summed E-state index contributed by atoms with van der Waals surface area (Å²) in [5, 5.41) is 3.41. The summed E-state index contributed by atoms with van der Waals surface area (Å²) in [5.41, 5.74) is 1.55. The van der Waals surface area contributed by atoms with Crippen molar-refractivity contribution in [2.45, 2.75) is 23.9 Å². The summed E-state index contributed by atoms with van der Waals surface area (Å²) in [5.74, 6) is -1.03. The van der Waals surface area contributed by atoms with Gasteiger partial charge >= 0.3 is 0 Å². The van der Waals surface area contributed by atoms with Crippen LogP contribution in [0.25, 0.3) is 0 Å². The SMILES string of the molecule is CNC(=O)[C@H](Cc1ccccc1)N(Cc1ccc(Cl)c(Cl)c1)C(=O)CN(c1ccccc1Cl)S(=O)(=O)c1ccccc1. The average molecular weight is 645 g/mol. The first kappa shape index (κ1) is 31.4. The molecule has 0 unspecified atom stereocenters. The fourth-order valence-corrected chi connectivity index (χ4v) is 6.50. The predicted octanol–water partition coefficient (Wildman–Crippen LogP) is 6.23. The minimum absolute atomic E-state index is 0.0131. The van der Waals surface area contributed by atoms with Crippen LogP contribution in [0.15, 0.2) is 108 Å². The Labute approximate surface area is 260 Å². The van der Waals surface area contributed by atoms with Crippen LogP contribution >= 0.6 is 34.8 Å². The lowest BCUT2D eigenvalue weighted by Crippen LogP contribution is -2.53. The van der Waals surface area contributed by atoms with Gasteiger partial charge in [-0.15, -0.1) is 0 Å². The van der Waals surface area contributed by atoms with Crippen molar-refractivity contribution >= 4 is 62.3 Å². The van der Waals surface area contributed by atoms with Crippen molar-refractivity contribution in [3.05, 3.63) is 129 Å². The molecule has 0 fully saturated rings. The fourth-order valence-electron chi connectivity index (χ4n) is 4.44. The smallest absolute Gasteiger partial charge is 0.264 e. The standard InChI is InChI=1S/C31H28Cl3N3O4S/c1-35-31(39)29(19-22-10-4-2-5-11-22)36(20-23-16-17-25(32)27(34)18-23)30(38)21-37(28-15-9-8-14-26(28)33)42(40,41)24-12-6-3-7-13-24/h2-18,29H,19-21H2,1H3,(H,35,39)/t29-/m0/s1. The molecule has 0 saturated heterocycles. The van der Waals surface area contributed by atoms with Gasteiger partial charge in [-0.25, -0.2) is 8.42 Å². The lowest BCUT2D eigenvalue weighted by atomic mass is 10.0. The summed E-state index contributed by atoms with van der Waals surface area (Å²) in [6.45, 7) is -0.660. The summed E-state index contributed by atoms with van der Waals surface area (Å²) in [4.78, 5) is 28.9. The van der Waals surface area contributed by atoms with Gasteiger partial charge in [0.1, 0.15) is 12.6 Å². The van der Waals surface area contributed by atoms with Gasteiger partial charge in [0.15, 0.2) is 0 Å². The molecule has 0 heterocycles. The lowest BCUT2D eigenvalue weighted by molar-refractivity contribution is -0.139. The number of nitrogens with one attached hydrogen (secondary N) is 1. The number of likely N-dealkylation sites (N-methyl/N-ethyl adjacent to an activating group) is 1. The van der Waals surface area contributed by atoms with Crippen molar-refractivity contribution in [2.75, 3.05) is 17.9 Å². The first-order valence-corrected chi connectivity index (χ1v) is 15.5. The third-order valence-corrected chi connectivity index (χ3v) is 9.42. The van der Waals surface area contributed by atoms with Crippen LogP contribution in [0.4, 0.5) is 5.69 Å². The maximum absolute atomic E-state index is 14.3. The minimum atomic E-state index is -4.24. The van der Waals surface area contributed by atoms with Gasteiger partial charge in [-0.05, 0) is 47.5 Å². The molecule has 4 aromatic rings. The normalized spacial score (nSPS) is 11.9. The minimum Gasteiger partial charge on any atom is -0.357 e. The Bertz CT molecular complexity index is 1650. The van der Waals surface area contributed by atoms with Gasteiger partial charge in [-0.3, -0.25) is 13.9 Å². The Morgan fingerprint density at radius 2 is 1.38 bits per heavy atom. The van der Waals surface area contributed by atoms with Crippen LogP contribution in [-0.4, -0.2) is 44.8 Å². The van der Waals surface area contributed by atoms with Gasteiger partial charge in [0.05, 0.1) is 25.7 Å². The van der Waals surface area contributed by atoms with Crippen LogP contribution in [-0.2, 0) is 32.6 Å². The predicted molar refractivity (Wildman–Crippen MR) is 167 cm³/mol. The average Bonchev–Trinajstić information content (AvgIpc) is 3.00. The zero-order chi connectivity index (χ0) is 30.3. The number of carbonyl (C=O) groups excluding carboxylic acids is 2. The van der Waals surface area contributed by atoms with Crippen molar-refractivity contribution in [1.29, 1.82) is 0 Å². The number of hydrogen-bond acceptors (Lipinski definition) is 4. The number of carbonyl (C=O) groups is 2. The van der Waals surface area contributed by atoms with E-state index in [9.17, 15) is 18.0 Å². The molecular weight excluding hydrogens is 617 g/mol. The molecule has 0 aliphatic heterocycles. The quantitative estimate of drug-likeness (QED) is 0.210. The molecule has 0 saturated carbocycles. The highest BCUT2D eigenvalue weighted by Crippen LogP contribution is 2.31. The second-order valence-corrected chi connectivity index (χ2v) is 12.4. The van der Waals surface area contributed by atoms with Crippen molar-refractivity contribution in [3.63, 3.8) is 0 Å². The van der Waals surface area contributed by atoms with Gasteiger partial charge in [-0.2, -0.15) is 0 Å². The molecule has 42 heavy (non-hydrogen) atoms. The lowest BCUT2D eigenvalue weighted by Gasteiger charge is -2.33. The third kappa shape index (κ3) is 7.44. The highest BCUT2D eigenvalue weighted by atomic mass is 35.5. The third-order valence-electron chi connectivity index (χ3n) is 6.59. The summed E-state index contributed by atoms with van der Waals surface area (Å²) < 4.78 is 28.8. The van der Waals surface area contributed by atoms with E-state index >= 15 is 0 Å². The largest absolute Gasteiger partial charge is 0.357 e. The van der Waals surface area contributed by atoms with E-state index in [2.05, 4.69) is 5.32 Å². The monoisotopic (exact) mass is 643 g/mol. The molecule has 0 aliphatic rings.